The van der Waals surface area contributed by atoms with Crippen molar-refractivity contribution in [1.29, 1.82) is 0 Å². The van der Waals surface area contributed by atoms with Gasteiger partial charge in [-0.15, -0.1) is 0 Å². The maximum absolute atomic E-state index is 15.3. The minimum Gasteiger partial charge on any atom is -0.494 e. The number of carbonyl (C=O) groups excluding carboxylic acids is 1. The molecule has 1 saturated heterocycles. The molecule has 5 nitrogen and oxygen atoms in total. The summed E-state index contributed by atoms with van der Waals surface area (Å²) < 4.78 is 79.1. The van der Waals surface area contributed by atoms with Crippen molar-refractivity contribution in [1.82, 2.24) is 0 Å². The first-order chi connectivity index (χ1) is 19.2. The van der Waals surface area contributed by atoms with Gasteiger partial charge in [-0.2, -0.15) is 13.2 Å². The second-order valence-corrected chi connectivity index (χ2v) is 9.54. The molecule has 4 rings (SSSR count). The van der Waals surface area contributed by atoms with Gasteiger partial charge in [0.05, 0.1) is 31.8 Å². The summed E-state index contributed by atoms with van der Waals surface area (Å²) in [7, 11) is 0. The van der Waals surface area contributed by atoms with Crippen molar-refractivity contribution in [3.63, 3.8) is 0 Å². The van der Waals surface area contributed by atoms with Crippen LogP contribution in [0.4, 0.5) is 17.6 Å². The van der Waals surface area contributed by atoms with E-state index < -0.39 is 35.2 Å². The van der Waals surface area contributed by atoms with Gasteiger partial charge in [0.2, 0.25) is 0 Å². The minimum absolute atomic E-state index is 0.0225. The second-order valence-electron chi connectivity index (χ2n) is 9.54. The van der Waals surface area contributed by atoms with Crippen LogP contribution in [-0.2, 0) is 15.7 Å². The normalized spacial score (nSPS) is 17.4. The molecule has 0 N–H and O–H groups in total. The summed E-state index contributed by atoms with van der Waals surface area (Å²) in [5, 5.41) is 0. The average molecular weight is 561 g/mol. The van der Waals surface area contributed by atoms with Crippen LogP contribution >= 0.6 is 0 Å². The Balaban J connectivity index is 1.45. The molecule has 0 bridgehead atoms. The van der Waals surface area contributed by atoms with E-state index in [9.17, 15) is 18.0 Å². The van der Waals surface area contributed by atoms with Crippen LogP contribution < -0.4 is 14.2 Å². The Hall–Kier alpha value is -3.59. The van der Waals surface area contributed by atoms with Crippen molar-refractivity contribution in [3.8, 4) is 28.4 Å². The van der Waals surface area contributed by atoms with Gasteiger partial charge in [0, 0.05) is 5.56 Å². The minimum atomic E-state index is -5.08. The van der Waals surface area contributed by atoms with Gasteiger partial charge in [-0.25, -0.2) is 4.39 Å². The topological polar surface area (TPSA) is 54.0 Å². The first-order valence-corrected chi connectivity index (χ1v) is 13.4. The first kappa shape index (κ1) is 29.4. The van der Waals surface area contributed by atoms with E-state index in [-0.39, 0.29) is 23.8 Å². The lowest BCUT2D eigenvalue weighted by molar-refractivity contribution is -0.149. The average Bonchev–Trinajstić information content (AvgIpc) is 2.94. The van der Waals surface area contributed by atoms with Gasteiger partial charge in [0.25, 0.3) is 0 Å². The largest absolute Gasteiger partial charge is 0.494 e. The lowest BCUT2D eigenvalue weighted by Crippen LogP contribution is -2.30. The molecule has 40 heavy (non-hydrogen) atoms. The molecule has 0 aromatic heterocycles. The molecule has 0 aliphatic carbocycles. The highest BCUT2D eigenvalue weighted by Crippen LogP contribution is 2.42. The summed E-state index contributed by atoms with van der Waals surface area (Å²) in [5.74, 6) is -2.77. The van der Waals surface area contributed by atoms with Crippen molar-refractivity contribution >= 4 is 5.97 Å². The maximum atomic E-state index is 15.3. The standard InChI is InChI=1S/C31H32F4O5/c1-3-5-18-38-24-11-6-20(7-12-24)25-15-17-27(28(29(25)32)31(33,34)35)40-30(36)22-10-16-26(39-19-22)21-8-13-23(14-9-21)37-4-2/h6-9,11-15,17,22,26H,3-5,10,16,18-19H2,1-2H3. The Labute approximate surface area is 231 Å². The smallest absolute Gasteiger partial charge is 0.422 e. The van der Waals surface area contributed by atoms with Crippen LogP contribution in [0.1, 0.15) is 56.8 Å². The fourth-order valence-corrected chi connectivity index (χ4v) is 4.53. The quantitative estimate of drug-likeness (QED) is 0.108. The number of alkyl halides is 3. The predicted molar refractivity (Wildman–Crippen MR) is 142 cm³/mol. The molecule has 2 unspecified atom stereocenters. The van der Waals surface area contributed by atoms with Crippen LogP contribution in [0.2, 0.25) is 0 Å². The molecule has 1 heterocycles. The molecule has 2 atom stereocenters. The molecule has 0 radical (unpaired) electrons. The van der Waals surface area contributed by atoms with Gasteiger partial charge in [0.1, 0.15) is 28.6 Å². The van der Waals surface area contributed by atoms with Gasteiger partial charge < -0.3 is 18.9 Å². The predicted octanol–water partition coefficient (Wildman–Crippen LogP) is 8.16. The summed E-state index contributed by atoms with van der Waals surface area (Å²) in [6.45, 7) is 4.95. The highest BCUT2D eigenvalue weighted by atomic mass is 19.4. The van der Waals surface area contributed by atoms with E-state index >= 15 is 4.39 Å². The summed E-state index contributed by atoms with van der Waals surface area (Å²) in [4.78, 5) is 12.8. The van der Waals surface area contributed by atoms with Crippen molar-refractivity contribution in [2.45, 2.75) is 51.8 Å². The van der Waals surface area contributed by atoms with E-state index in [1.54, 1.807) is 12.1 Å². The molecule has 0 saturated carbocycles. The molecule has 0 spiro atoms. The molecule has 1 aliphatic heterocycles. The van der Waals surface area contributed by atoms with Crippen LogP contribution in [-0.4, -0.2) is 25.8 Å². The molecule has 214 valence electrons. The fourth-order valence-electron chi connectivity index (χ4n) is 4.53. The van der Waals surface area contributed by atoms with Gasteiger partial charge in [-0.3, -0.25) is 4.79 Å². The summed E-state index contributed by atoms with van der Waals surface area (Å²) in [5.41, 5.74) is -0.727. The van der Waals surface area contributed by atoms with Gasteiger partial charge in [0.15, 0.2) is 0 Å². The third-order valence-corrected chi connectivity index (χ3v) is 6.70. The molecule has 9 heteroatoms. The number of benzene rings is 3. The fraction of sp³-hybridized carbons (Fsp3) is 0.387. The van der Waals surface area contributed by atoms with E-state index in [0.717, 1.165) is 30.2 Å². The van der Waals surface area contributed by atoms with Crippen molar-refractivity contribution in [2.75, 3.05) is 19.8 Å². The second kappa shape index (κ2) is 13.2. The molecular weight excluding hydrogens is 528 g/mol. The number of rotatable bonds is 10. The van der Waals surface area contributed by atoms with Crippen LogP contribution in [0.3, 0.4) is 0 Å². The Morgan fingerprint density at radius 2 is 1.60 bits per heavy atom. The van der Waals surface area contributed by atoms with E-state index in [4.69, 9.17) is 18.9 Å². The number of unbranched alkanes of at least 4 members (excludes halogenated alkanes) is 1. The zero-order valence-corrected chi connectivity index (χ0v) is 22.4. The van der Waals surface area contributed by atoms with Crippen LogP contribution in [0.5, 0.6) is 17.2 Å². The van der Waals surface area contributed by atoms with Gasteiger partial charge >= 0.3 is 12.1 Å². The first-order valence-electron chi connectivity index (χ1n) is 13.4. The van der Waals surface area contributed by atoms with Crippen LogP contribution in [0.15, 0.2) is 60.7 Å². The van der Waals surface area contributed by atoms with Crippen molar-refractivity contribution < 1.29 is 41.3 Å². The Morgan fingerprint density at radius 3 is 2.20 bits per heavy atom. The molecule has 3 aromatic carbocycles. The van der Waals surface area contributed by atoms with E-state index in [1.165, 1.54) is 18.2 Å². The highest BCUT2D eigenvalue weighted by Gasteiger charge is 2.40. The maximum Gasteiger partial charge on any atom is 0.422 e. The Kier molecular flexibility index (Phi) is 9.68. The Bertz CT molecular complexity index is 1260. The van der Waals surface area contributed by atoms with Crippen LogP contribution in [0, 0.1) is 11.7 Å². The monoisotopic (exact) mass is 560 g/mol. The zero-order valence-electron chi connectivity index (χ0n) is 22.4. The number of esters is 1. The lowest BCUT2D eigenvalue weighted by Gasteiger charge is -2.28. The number of halogens is 4. The van der Waals surface area contributed by atoms with Crippen LogP contribution in [0.25, 0.3) is 11.1 Å². The SMILES string of the molecule is CCCCOc1ccc(-c2ccc(OC(=O)C3CCC(c4ccc(OCC)cc4)OC3)c(C(F)(F)F)c2F)cc1. The number of carbonyl (C=O) groups is 1. The third-order valence-electron chi connectivity index (χ3n) is 6.70. The van der Waals surface area contributed by atoms with E-state index in [1.807, 2.05) is 38.1 Å². The molecule has 3 aromatic rings. The molecule has 1 aliphatic rings. The molecular formula is C31H32F4O5. The van der Waals surface area contributed by atoms with Gasteiger partial charge in [-0.05, 0) is 73.7 Å². The van der Waals surface area contributed by atoms with E-state index in [0.29, 0.717) is 31.8 Å². The van der Waals surface area contributed by atoms with Crippen molar-refractivity contribution in [2.24, 2.45) is 5.92 Å². The third kappa shape index (κ3) is 7.13. The summed E-state index contributed by atoms with van der Waals surface area (Å²) >= 11 is 0. The summed E-state index contributed by atoms with van der Waals surface area (Å²) in [6, 6.07) is 15.7. The summed E-state index contributed by atoms with van der Waals surface area (Å²) in [6.07, 6.45) is -2.69. The number of hydrogen-bond donors (Lipinski definition) is 0. The van der Waals surface area contributed by atoms with Crippen molar-refractivity contribution in [3.05, 3.63) is 77.6 Å². The van der Waals surface area contributed by atoms with E-state index in [2.05, 4.69) is 0 Å². The Morgan fingerprint density at radius 1 is 0.925 bits per heavy atom. The molecule has 1 fully saturated rings. The molecule has 0 amide bonds. The number of hydrogen-bond acceptors (Lipinski definition) is 5. The zero-order chi connectivity index (χ0) is 28.7. The van der Waals surface area contributed by atoms with Gasteiger partial charge in [-0.1, -0.05) is 37.6 Å². The lowest BCUT2D eigenvalue weighted by atomic mass is 9.94. The highest BCUT2D eigenvalue weighted by molar-refractivity contribution is 5.77. The number of ether oxygens (including phenoxy) is 4.